The lowest BCUT2D eigenvalue weighted by Gasteiger charge is -2.02. The molecule has 70 valence electrons. The summed E-state index contributed by atoms with van der Waals surface area (Å²) >= 11 is 0. The highest BCUT2D eigenvalue weighted by Crippen LogP contribution is 2.10. The summed E-state index contributed by atoms with van der Waals surface area (Å²) in [4.78, 5) is 4.60. The number of hydrogen-bond acceptors (Lipinski definition) is 2. The Morgan fingerprint density at radius 3 is 2.77 bits per heavy atom. The molecule has 2 nitrogen and oxygen atoms in total. The van der Waals surface area contributed by atoms with Gasteiger partial charge in [-0.1, -0.05) is 28.9 Å². The third kappa shape index (κ3) is 2.90. The van der Waals surface area contributed by atoms with Crippen LogP contribution in [0, 0.1) is 13.8 Å². The second kappa shape index (κ2) is 4.65. The van der Waals surface area contributed by atoms with Gasteiger partial charge in [-0.15, -0.1) is 0 Å². The van der Waals surface area contributed by atoms with Crippen LogP contribution < -0.4 is 0 Å². The third-order valence-corrected chi connectivity index (χ3v) is 1.99. The van der Waals surface area contributed by atoms with E-state index in [4.69, 9.17) is 0 Å². The first-order chi connectivity index (χ1) is 6.24. The highest BCUT2D eigenvalue weighted by Gasteiger charge is 1.95. The molecule has 0 aliphatic rings. The van der Waals surface area contributed by atoms with Crippen molar-refractivity contribution in [1.29, 1.82) is 0 Å². The van der Waals surface area contributed by atoms with Crippen molar-refractivity contribution < 1.29 is 4.84 Å². The normalized spacial score (nSPS) is 10.7. The standard InChI is InChI=1S/C11H15NO/c1-9-4-5-11(10(2)8-9)6-7-12-13-3/h4-5,7-8H,6H2,1-3H3. The maximum atomic E-state index is 4.60. The molecule has 0 heterocycles. The number of nitrogens with zero attached hydrogens (tertiary/aromatic N) is 1. The topological polar surface area (TPSA) is 21.6 Å². The van der Waals surface area contributed by atoms with Gasteiger partial charge in [0.15, 0.2) is 0 Å². The minimum absolute atomic E-state index is 0.833. The summed E-state index contributed by atoms with van der Waals surface area (Å²) in [6.07, 6.45) is 2.61. The van der Waals surface area contributed by atoms with Gasteiger partial charge in [-0.05, 0) is 25.0 Å². The summed E-state index contributed by atoms with van der Waals surface area (Å²) in [5.74, 6) is 0. The summed E-state index contributed by atoms with van der Waals surface area (Å²) in [5.41, 5.74) is 3.90. The highest BCUT2D eigenvalue weighted by molar-refractivity contribution is 5.61. The predicted molar refractivity (Wildman–Crippen MR) is 55.1 cm³/mol. The maximum Gasteiger partial charge on any atom is 0.106 e. The van der Waals surface area contributed by atoms with Crippen molar-refractivity contribution >= 4 is 6.21 Å². The van der Waals surface area contributed by atoms with Crippen LogP contribution in [-0.2, 0) is 11.3 Å². The summed E-state index contributed by atoms with van der Waals surface area (Å²) < 4.78 is 0. The van der Waals surface area contributed by atoms with Crippen LogP contribution in [-0.4, -0.2) is 13.3 Å². The van der Waals surface area contributed by atoms with Crippen molar-refractivity contribution in [2.75, 3.05) is 7.11 Å². The molecule has 0 aliphatic heterocycles. The summed E-state index contributed by atoms with van der Waals surface area (Å²) in [5, 5.41) is 3.71. The summed E-state index contributed by atoms with van der Waals surface area (Å²) in [6, 6.07) is 6.42. The second-order valence-corrected chi connectivity index (χ2v) is 3.10. The SMILES string of the molecule is CON=CCc1ccc(C)cc1C. The lowest BCUT2D eigenvalue weighted by molar-refractivity contribution is 0.215. The number of benzene rings is 1. The number of hydrogen-bond donors (Lipinski definition) is 0. The minimum Gasteiger partial charge on any atom is -0.399 e. The van der Waals surface area contributed by atoms with E-state index in [1.54, 1.807) is 13.3 Å². The zero-order valence-corrected chi connectivity index (χ0v) is 8.37. The fraction of sp³-hybridized carbons (Fsp3) is 0.364. The Balaban J connectivity index is 2.72. The molecule has 0 unspecified atom stereocenters. The average Bonchev–Trinajstić information content (AvgIpc) is 2.09. The molecule has 2 heteroatoms. The minimum atomic E-state index is 0.833. The first-order valence-electron chi connectivity index (χ1n) is 4.35. The Morgan fingerprint density at radius 2 is 2.15 bits per heavy atom. The van der Waals surface area contributed by atoms with Gasteiger partial charge in [0.05, 0.1) is 0 Å². The van der Waals surface area contributed by atoms with E-state index in [9.17, 15) is 0 Å². The Kier molecular flexibility index (Phi) is 3.50. The van der Waals surface area contributed by atoms with Crippen LogP contribution >= 0.6 is 0 Å². The summed E-state index contributed by atoms with van der Waals surface area (Å²) in [7, 11) is 1.55. The van der Waals surface area contributed by atoms with Gasteiger partial charge in [0.25, 0.3) is 0 Å². The molecular formula is C11H15NO. The molecule has 0 saturated carbocycles. The van der Waals surface area contributed by atoms with Crippen LogP contribution in [0.4, 0.5) is 0 Å². The second-order valence-electron chi connectivity index (χ2n) is 3.10. The van der Waals surface area contributed by atoms with E-state index < -0.39 is 0 Å². The zero-order chi connectivity index (χ0) is 9.68. The molecule has 1 aromatic rings. The van der Waals surface area contributed by atoms with E-state index >= 15 is 0 Å². The fourth-order valence-corrected chi connectivity index (χ4v) is 1.28. The van der Waals surface area contributed by atoms with Gasteiger partial charge in [-0.2, -0.15) is 0 Å². The van der Waals surface area contributed by atoms with E-state index in [0.717, 1.165) is 6.42 Å². The van der Waals surface area contributed by atoms with Crippen molar-refractivity contribution in [3.63, 3.8) is 0 Å². The molecule has 0 aliphatic carbocycles. The molecule has 0 amide bonds. The van der Waals surface area contributed by atoms with Crippen LogP contribution in [0.2, 0.25) is 0 Å². The molecule has 0 N–H and O–H groups in total. The quantitative estimate of drug-likeness (QED) is 0.513. The molecule has 0 spiro atoms. The lowest BCUT2D eigenvalue weighted by atomic mass is 10.0. The van der Waals surface area contributed by atoms with Gasteiger partial charge in [0.1, 0.15) is 7.11 Å². The molecule has 0 bridgehead atoms. The summed E-state index contributed by atoms with van der Waals surface area (Å²) in [6.45, 7) is 4.21. The van der Waals surface area contributed by atoms with Gasteiger partial charge in [-0.25, -0.2) is 0 Å². The molecule has 13 heavy (non-hydrogen) atoms. The monoisotopic (exact) mass is 177 g/mol. The molecule has 1 aromatic carbocycles. The molecule has 0 aromatic heterocycles. The van der Waals surface area contributed by atoms with Crippen molar-refractivity contribution in [2.24, 2.45) is 5.16 Å². The van der Waals surface area contributed by atoms with Crippen molar-refractivity contribution in [3.05, 3.63) is 34.9 Å². The Hall–Kier alpha value is -1.31. The molecule has 0 fully saturated rings. The average molecular weight is 177 g/mol. The molecule has 1 rings (SSSR count). The Labute approximate surface area is 79.2 Å². The van der Waals surface area contributed by atoms with Crippen LogP contribution in [0.15, 0.2) is 23.4 Å². The van der Waals surface area contributed by atoms with E-state index in [-0.39, 0.29) is 0 Å². The molecule has 0 radical (unpaired) electrons. The zero-order valence-electron chi connectivity index (χ0n) is 8.37. The van der Waals surface area contributed by atoms with E-state index in [2.05, 4.69) is 42.0 Å². The van der Waals surface area contributed by atoms with Gasteiger partial charge < -0.3 is 4.84 Å². The van der Waals surface area contributed by atoms with Gasteiger partial charge in [-0.3, -0.25) is 0 Å². The smallest absolute Gasteiger partial charge is 0.106 e. The molecule has 0 atom stereocenters. The fourth-order valence-electron chi connectivity index (χ4n) is 1.28. The molecular weight excluding hydrogens is 162 g/mol. The van der Waals surface area contributed by atoms with E-state index in [1.165, 1.54) is 16.7 Å². The van der Waals surface area contributed by atoms with Crippen molar-refractivity contribution in [2.45, 2.75) is 20.3 Å². The van der Waals surface area contributed by atoms with Crippen LogP contribution in [0.25, 0.3) is 0 Å². The van der Waals surface area contributed by atoms with Crippen LogP contribution in [0.3, 0.4) is 0 Å². The third-order valence-electron chi connectivity index (χ3n) is 1.99. The Bertz CT molecular complexity index is 305. The largest absolute Gasteiger partial charge is 0.399 e. The van der Waals surface area contributed by atoms with Crippen LogP contribution in [0.1, 0.15) is 16.7 Å². The lowest BCUT2D eigenvalue weighted by Crippen LogP contribution is -1.91. The Morgan fingerprint density at radius 1 is 1.38 bits per heavy atom. The highest BCUT2D eigenvalue weighted by atomic mass is 16.6. The van der Waals surface area contributed by atoms with E-state index in [0.29, 0.717) is 0 Å². The van der Waals surface area contributed by atoms with Crippen molar-refractivity contribution in [3.8, 4) is 0 Å². The number of aryl methyl sites for hydroxylation is 2. The number of rotatable bonds is 3. The predicted octanol–water partition coefficient (Wildman–Crippen LogP) is 2.48. The van der Waals surface area contributed by atoms with E-state index in [1.807, 2.05) is 0 Å². The number of oxime groups is 1. The first-order valence-corrected chi connectivity index (χ1v) is 4.35. The maximum absolute atomic E-state index is 4.60. The van der Waals surface area contributed by atoms with Crippen LogP contribution in [0.5, 0.6) is 0 Å². The van der Waals surface area contributed by atoms with Gasteiger partial charge in [0, 0.05) is 12.6 Å². The molecule has 0 saturated heterocycles. The first kappa shape index (κ1) is 9.78. The van der Waals surface area contributed by atoms with Gasteiger partial charge >= 0.3 is 0 Å². The van der Waals surface area contributed by atoms with Crippen molar-refractivity contribution in [1.82, 2.24) is 0 Å². The van der Waals surface area contributed by atoms with Gasteiger partial charge in [0.2, 0.25) is 0 Å².